The molecule has 5 nitrogen and oxygen atoms in total. The molecule has 4 rings (SSSR count). The summed E-state index contributed by atoms with van der Waals surface area (Å²) >= 11 is 0. The lowest BCUT2D eigenvalue weighted by atomic mass is 9.65. The zero-order valence-electron chi connectivity index (χ0n) is 16.4. The first-order valence-corrected chi connectivity index (χ1v) is 9.57. The predicted octanol–water partition coefficient (Wildman–Crippen LogP) is 4.23. The number of nitrogens with zero attached hydrogens (tertiary/aromatic N) is 4. The Morgan fingerprint density at radius 1 is 1.10 bits per heavy atom. The normalized spacial score (nSPS) is 20.8. The maximum atomic E-state index is 14.3. The second kappa shape index (κ2) is 7.73. The standard InChI is InChI=1S/C22H23F2N5/c1-29(2)20-17(15-7-4-3-5-8-15)13-26-21(28-20)27-14-22(11-16(23)12-22)19-18(24)9-6-10-25-19/h3-10,13,16H,11-12,14H2,1-2H3,(H,26,27,28)/t16-,22-. The maximum Gasteiger partial charge on any atom is 0.224 e. The molecule has 1 saturated carbocycles. The molecule has 1 aliphatic rings. The quantitative estimate of drug-likeness (QED) is 0.677. The number of nitrogens with one attached hydrogen (secondary N) is 1. The first kappa shape index (κ1) is 19.2. The Morgan fingerprint density at radius 2 is 1.86 bits per heavy atom. The van der Waals surface area contributed by atoms with E-state index in [0.717, 1.165) is 16.9 Å². The lowest BCUT2D eigenvalue weighted by Gasteiger charge is -2.43. The summed E-state index contributed by atoms with van der Waals surface area (Å²) in [6.07, 6.45) is 2.83. The van der Waals surface area contributed by atoms with Gasteiger partial charge in [-0.1, -0.05) is 30.3 Å². The van der Waals surface area contributed by atoms with Crippen LogP contribution < -0.4 is 10.2 Å². The molecule has 0 spiro atoms. The van der Waals surface area contributed by atoms with Gasteiger partial charge in [0.05, 0.1) is 5.69 Å². The molecular formula is C22H23F2N5. The van der Waals surface area contributed by atoms with Crippen LogP contribution in [0, 0.1) is 5.82 Å². The lowest BCUT2D eigenvalue weighted by Crippen LogP contribution is -2.49. The third-order valence-electron chi connectivity index (χ3n) is 5.35. The summed E-state index contributed by atoms with van der Waals surface area (Å²) in [5, 5.41) is 3.19. The Hall–Kier alpha value is -3.09. The number of rotatable bonds is 6. The number of pyridine rings is 1. The molecule has 0 unspecified atom stereocenters. The van der Waals surface area contributed by atoms with E-state index in [-0.39, 0.29) is 12.8 Å². The molecule has 7 heteroatoms. The minimum absolute atomic E-state index is 0.233. The van der Waals surface area contributed by atoms with E-state index in [1.54, 1.807) is 18.5 Å². The minimum Gasteiger partial charge on any atom is -0.362 e. The van der Waals surface area contributed by atoms with E-state index >= 15 is 0 Å². The lowest BCUT2D eigenvalue weighted by molar-refractivity contribution is 0.0963. The van der Waals surface area contributed by atoms with Gasteiger partial charge in [0.15, 0.2) is 0 Å². The molecule has 0 radical (unpaired) electrons. The molecule has 2 heterocycles. The van der Waals surface area contributed by atoms with E-state index in [2.05, 4.69) is 20.3 Å². The summed E-state index contributed by atoms with van der Waals surface area (Å²) in [7, 11) is 3.84. The van der Waals surface area contributed by atoms with Crippen LogP contribution in [0.3, 0.4) is 0 Å². The van der Waals surface area contributed by atoms with Gasteiger partial charge in [-0.3, -0.25) is 4.98 Å². The highest BCUT2D eigenvalue weighted by Gasteiger charge is 2.48. The summed E-state index contributed by atoms with van der Waals surface area (Å²) < 4.78 is 28.1. The van der Waals surface area contributed by atoms with Crippen LogP contribution in [0.15, 0.2) is 54.9 Å². The van der Waals surface area contributed by atoms with Crippen LogP contribution in [0.4, 0.5) is 20.5 Å². The minimum atomic E-state index is -0.947. The van der Waals surface area contributed by atoms with Gasteiger partial charge in [-0.25, -0.2) is 13.8 Å². The van der Waals surface area contributed by atoms with Crippen molar-refractivity contribution in [1.82, 2.24) is 15.0 Å². The van der Waals surface area contributed by atoms with Gasteiger partial charge in [-0.2, -0.15) is 4.98 Å². The highest BCUT2D eigenvalue weighted by atomic mass is 19.1. The van der Waals surface area contributed by atoms with Gasteiger partial charge in [0.25, 0.3) is 0 Å². The van der Waals surface area contributed by atoms with Crippen molar-refractivity contribution >= 4 is 11.8 Å². The number of aromatic nitrogens is 3. The van der Waals surface area contributed by atoms with Crippen molar-refractivity contribution in [3.8, 4) is 11.1 Å². The van der Waals surface area contributed by atoms with Crippen molar-refractivity contribution < 1.29 is 8.78 Å². The number of anilines is 2. The van der Waals surface area contributed by atoms with Crippen LogP contribution in [-0.2, 0) is 5.41 Å². The van der Waals surface area contributed by atoms with Crippen LogP contribution >= 0.6 is 0 Å². The van der Waals surface area contributed by atoms with Crippen LogP contribution in [0.25, 0.3) is 11.1 Å². The van der Waals surface area contributed by atoms with Crippen LogP contribution in [-0.4, -0.2) is 41.8 Å². The van der Waals surface area contributed by atoms with Gasteiger partial charge in [0.2, 0.25) is 5.95 Å². The van der Waals surface area contributed by atoms with Crippen molar-refractivity contribution in [3.05, 3.63) is 66.4 Å². The molecule has 0 saturated heterocycles. The zero-order chi connectivity index (χ0) is 20.4. The zero-order valence-corrected chi connectivity index (χ0v) is 16.4. The molecule has 1 aromatic carbocycles. The number of hydrogen-bond donors (Lipinski definition) is 1. The van der Waals surface area contributed by atoms with Crippen molar-refractivity contribution in [3.63, 3.8) is 0 Å². The van der Waals surface area contributed by atoms with E-state index in [9.17, 15) is 8.78 Å². The molecule has 0 bridgehead atoms. The molecule has 1 fully saturated rings. The summed E-state index contributed by atoms with van der Waals surface area (Å²) in [5.74, 6) is 0.783. The Balaban J connectivity index is 1.59. The highest BCUT2D eigenvalue weighted by molar-refractivity contribution is 5.75. The fourth-order valence-electron chi connectivity index (χ4n) is 3.85. The Morgan fingerprint density at radius 3 is 2.52 bits per heavy atom. The molecule has 29 heavy (non-hydrogen) atoms. The van der Waals surface area contributed by atoms with Gasteiger partial charge in [0.1, 0.15) is 17.8 Å². The SMILES string of the molecule is CN(C)c1nc(NC[C@]2(c3ncccc3F)C[C@H](F)C2)ncc1-c1ccccc1. The number of alkyl halides is 1. The number of hydrogen-bond acceptors (Lipinski definition) is 5. The van der Waals surface area contributed by atoms with Gasteiger partial charge in [-0.05, 0) is 30.5 Å². The molecule has 3 aromatic rings. The van der Waals surface area contributed by atoms with Crippen LogP contribution in [0.5, 0.6) is 0 Å². The molecule has 2 aromatic heterocycles. The molecular weight excluding hydrogens is 372 g/mol. The third kappa shape index (κ3) is 3.77. The third-order valence-corrected chi connectivity index (χ3v) is 5.35. The van der Waals surface area contributed by atoms with Crippen molar-refractivity contribution in [2.45, 2.75) is 24.4 Å². The highest BCUT2D eigenvalue weighted by Crippen LogP contribution is 2.45. The summed E-state index contributed by atoms with van der Waals surface area (Å²) in [5.41, 5.74) is 1.55. The Bertz CT molecular complexity index is 988. The van der Waals surface area contributed by atoms with E-state index in [1.165, 1.54) is 6.07 Å². The van der Waals surface area contributed by atoms with Crippen molar-refractivity contribution in [2.75, 3.05) is 30.9 Å². The first-order chi connectivity index (χ1) is 14.0. The van der Waals surface area contributed by atoms with E-state index in [4.69, 9.17) is 0 Å². The second-order valence-electron chi connectivity index (χ2n) is 7.66. The van der Waals surface area contributed by atoms with E-state index < -0.39 is 17.4 Å². The van der Waals surface area contributed by atoms with Gasteiger partial charge in [0, 0.05) is 44.0 Å². The molecule has 1 N–H and O–H groups in total. The number of halogens is 2. The van der Waals surface area contributed by atoms with E-state index in [0.29, 0.717) is 18.2 Å². The Kier molecular flexibility index (Phi) is 5.13. The van der Waals surface area contributed by atoms with Gasteiger partial charge in [-0.15, -0.1) is 0 Å². The fraction of sp³-hybridized carbons (Fsp3) is 0.318. The Labute approximate surface area is 168 Å². The summed E-state index contributed by atoms with van der Waals surface area (Å²) in [4.78, 5) is 15.2. The smallest absolute Gasteiger partial charge is 0.224 e. The van der Waals surface area contributed by atoms with Crippen LogP contribution in [0.2, 0.25) is 0 Å². The summed E-state index contributed by atoms with van der Waals surface area (Å²) in [6.45, 7) is 0.318. The van der Waals surface area contributed by atoms with Crippen molar-refractivity contribution in [2.24, 2.45) is 0 Å². The fourth-order valence-corrected chi connectivity index (χ4v) is 3.85. The van der Waals surface area contributed by atoms with Gasteiger partial charge < -0.3 is 10.2 Å². The number of benzene rings is 1. The second-order valence-corrected chi connectivity index (χ2v) is 7.66. The molecule has 0 aliphatic heterocycles. The average Bonchev–Trinajstić information content (AvgIpc) is 2.71. The monoisotopic (exact) mass is 395 g/mol. The first-order valence-electron chi connectivity index (χ1n) is 9.57. The average molecular weight is 395 g/mol. The van der Waals surface area contributed by atoms with Crippen molar-refractivity contribution in [1.29, 1.82) is 0 Å². The molecule has 150 valence electrons. The molecule has 0 amide bonds. The predicted molar refractivity (Wildman–Crippen MR) is 110 cm³/mol. The largest absolute Gasteiger partial charge is 0.362 e. The topological polar surface area (TPSA) is 53.9 Å². The van der Waals surface area contributed by atoms with E-state index in [1.807, 2.05) is 49.3 Å². The van der Waals surface area contributed by atoms with Gasteiger partial charge >= 0.3 is 0 Å². The maximum absolute atomic E-state index is 14.3. The van der Waals surface area contributed by atoms with Crippen LogP contribution in [0.1, 0.15) is 18.5 Å². The molecule has 0 atom stereocenters. The summed E-state index contributed by atoms with van der Waals surface area (Å²) in [6, 6.07) is 12.8. The molecule has 1 aliphatic carbocycles.